The molecular formula is C17H17NO4. The fourth-order valence-electron chi connectivity index (χ4n) is 1.95. The molecule has 5 nitrogen and oxygen atoms in total. The van der Waals surface area contributed by atoms with Crippen LogP contribution in [0.3, 0.4) is 0 Å². The number of aryl methyl sites for hydroxylation is 1. The minimum absolute atomic E-state index is 0.119. The van der Waals surface area contributed by atoms with Gasteiger partial charge in [0.2, 0.25) is 0 Å². The van der Waals surface area contributed by atoms with Crippen molar-refractivity contribution in [2.24, 2.45) is 0 Å². The highest BCUT2D eigenvalue weighted by Gasteiger charge is 2.08. The lowest BCUT2D eigenvalue weighted by Gasteiger charge is -2.11. The summed E-state index contributed by atoms with van der Waals surface area (Å²) in [5.41, 5.74) is 2.62. The highest BCUT2D eigenvalue weighted by molar-refractivity contribution is 5.94. The number of benzene rings is 2. The van der Waals surface area contributed by atoms with E-state index < -0.39 is 5.97 Å². The molecule has 0 aliphatic heterocycles. The molecule has 0 bridgehead atoms. The number of carbonyl (C=O) groups excluding carboxylic acids is 1. The third-order valence-corrected chi connectivity index (χ3v) is 3.31. The van der Waals surface area contributed by atoms with Crippen LogP contribution in [0, 0.1) is 13.8 Å². The van der Waals surface area contributed by atoms with Gasteiger partial charge in [-0.3, -0.25) is 4.79 Å². The molecule has 2 rings (SSSR count). The van der Waals surface area contributed by atoms with Crippen molar-refractivity contribution in [3.05, 3.63) is 59.2 Å². The third-order valence-electron chi connectivity index (χ3n) is 3.31. The first kappa shape index (κ1) is 15.6. The Bertz CT molecular complexity index is 710. The van der Waals surface area contributed by atoms with Crippen molar-refractivity contribution in [2.75, 3.05) is 11.9 Å². The normalized spacial score (nSPS) is 10.1. The molecule has 0 fully saturated rings. The van der Waals surface area contributed by atoms with Crippen LogP contribution in [0.15, 0.2) is 42.5 Å². The average molecular weight is 299 g/mol. The largest absolute Gasteiger partial charge is 0.483 e. The summed E-state index contributed by atoms with van der Waals surface area (Å²) in [5.74, 6) is -0.722. The van der Waals surface area contributed by atoms with Gasteiger partial charge >= 0.3 is 5.97 Å². The Morgan fingerprint density at radius 2 is 1.86 bits per heavy atom. The molecule has 0 aromatic heterocycles. The molecule has 1 amide bonds. The molecule has 2 N–H and O–H groups in total. The molecule has 5 heteroatoms. The van der Waals surface area contributed by atoms with E-state index in [2.05, 4.69) is 5.32 Å². The van der Waals surface area contributed by atoms with E-state index in [9.17, 15) is 9.59 Å². The minimum atomic E-state index is -1.04. The van der Waals surface area contributed by atoms with Crippen LogP contribution in [-0.2, 0) is 4.79 Å². The van der Waals surface area contributed by atoms with Gasteiger partial charge in [0.05, 0.1) is 5.56 Å². The molecule has 0 radical (unpaired) electrons. The Kier molecular flexibility index (Phi) is 4.78. The lowest BCUT2D eigenvalue weighted by molar-refractivity contribution is -0.118. The summed E-state index contributed by atoms with van der Waals surface area (Å²) in [6, 6.07) is 11.7. The van der Waals surface area contributed by atoms with Gasteiger partial charge in [-0.1, -0.05) is 18.2 Å². The molecule has 0 aliphatic rings. The van der Waals surface area contributed by atoms with Crippen molar-refractivity contribution in [3.8, 4) is 5.75 Å². The zero-order chi connectivity index (χ0) is 16.1. The number of anilines is 1. The summed E-state index contributed by atoms with van der Waals surface area (Å²) in [6.07, 6.45) is 0. The number of ether oxygens (including phenoxy) is 1. The number of carboxylic acids is 1. The first-order chi connectivity index (χ1) is 10.5. The van der Waals surface area contributed by atoms with Crippen LogP contribution in [0.1, 0.15) is 21.5 Å². The minimum Gasteiger partial charge on any atom is -0.483 e. The molecule has 2 aromatic rings. The summed E-state index contributed by atoms with van der Waals surface area (Å²) in [7, 11) is 0. The third kappa shape index (κ3) is 3.85. The number of hydrogen-bond acceptors (Lipinski definition) is 3. The van der Waals surface area contributed by atoms with Gasteiger partial charge in [-0.15, -0.1) is 0 Å². The maximum Gasteiger partial charge on any atom is 0.335 e. The number of nitrogens with one attached hydrogen (secondary N) is 1. The second-order valence-electron chi connectivity index (χ2n) is 4.92. The Morgan fingerprint density at radius 3 is 2.59 bits per heavy atom. The van der Waals surface area contributed by atoms with Crippen molar-refractivity contribution >= 4 is 17.6 Å². The molecule has 0 heterocycles. The Balaban J connectivity index is 1.97. The van der Waals surface area contributed by atoms with Gasteiger partial charge in [-0.05, 0) is 49.2 Å². The van der Waals surface area contributed by atoms with Crippen molar-refractivity contribution in [2.45, 2.75) is 13.8 Å². The Morgan fingerprint density at radius 1 is 1.14 bits per heavy atom. The monoisotopic (exact) mass is 299 g/mol. The first-order valence-electron chi connectivity index (χ1n) is 6.79. The van der Waals surface area contributed by atoms with Gasteiger partial charge in [0, 0.05) is 5.69 Å². The van der Waals surface area contributed by atoms with Gasteiger partial charge in [0.1, 0.15) is 5.75 Å². The molecule has 2 aromatic carbocycles. The van der Waals surface area contributed by atoms with E-state index in [0.29, 0.717) is 11.4 Å². The fourth-order valence-corrected chi connectivity index (χ4v) is 1.95. The summed E-state index contributed by atoms with van der Waals surface area (Å²) in [4.78, 5) is 22.8. The highest BCUT2D eigenvalue weighted by atomic mass is 16.5. The number of aromatic carboxylic acids is 1. The van der Waals surface area contributed by atoms with E-state index in [4.69, 9.17) is 9.84 Å². The molecule has 0 saturated carbocycles. The quantitative estimate of drug-likeness (QED) is 0.890. The molecule has 0 aliphatic carbocycles. The standard InChI is InChI=1S/C17H17NO4/c1-11-5-3-8-15(12(11)2)22-10-16(19)18-14-7-4-6-13(9-14)17(20)21/h3-9H,10H2,1-2H3,(H,18,19)(H,20,21). The fraction of sp³-hybridized carbons (Fsp3) is 0.176. The lowest BCUT2D eigenvalue weighted by atomic mass is 10.1. The SMILES string of the molecule is Cc1cccc(OCC(=O)Nc2cccc(C(=O)O)c2)c1C. The van der Waals surface area contributed by atoms with Crippen molar-refractivity contribution in [1.82, 2.24) is 0 Å². The van der Waals surface area contributed by atoms with E-state index in [1.165, 1.54) is 12.1 Å². The predicted molar refractivity (Wildman–Crippen MR) is 83.4 cm³/mol. The van der Waals surface area contributed by atoms with E-state index >= 15 is 0 Å². The van der Waals surface area contributed by atoms with Gasteiger partial charge in [-0.2, -0.15) is 0 Å². The van der Waals surface area contributed by atoms with Crippen LogP contribution in [0.5, 0.6) is 5.75 Å². The highest BCUT2D eigenvalue weighted by Crippen LogP contribution is 2.20. The van der Waals surface area contributed by atoms with Crippen LogP contribution in [0.2, 0.25) is 0 Å². The van der Waals surface area contributed by atoms with Crippen LogP contribution in [0.25, 0.3) is 0 Å². The number of carboxylic acid groups (broad SMARTS) is 1. The summed E-state index contributed by atoms with van der Waals surface area (Å²) >= 11 is 0. The molecule has 0 atom stereocenters. The van der Waals surface area contributed by atoms with E-state index in [1.54, 1.807) is 18.2 Å². The predicted octanol–water partition coefficient (Wildman–Crippen LogP) is 3.02. The van der Waals surface area contributed by atoms with Crippen LogP contribution in [0.4, 0.5) is 5.69 Å². The second kappa shape index (κ2) is 6.76. The number of amides is 1. The number of hydrogen-bond donors (Lipinski definition) is 2. The first-order valence-corrected chi connectivity index (χ1v) is 6.79. The van der Waals surface area contributed by atoms with Gasteiger partial charge < -0.3 is 15.2 Å². The maximum atomic E-state index is 11.9. The average Bonchev–Trinajstić information content (AvgIpc) is 2.49. The van der Waals surface area contributed by atoms with E-state index in [1.807, 2.05) is 26.0 Å². The lowest BCUT2D eigenvalue weighted by Crippen LogP contribution is -2.20. The van der Waals surface area contributed by atoms with Gasteiger partial charge in [-0.25, -0.2) is 4.79 Å². The van der Waals surface area contributed by atoms with E-state index in [0.717, 1.165) is 11.1 Å². The van der Waals surface area contributed by atoms with Crippen molar-refractivity contribution in [3.63, 3.8) is 0 Å². The molecule has 114 valence electrons. The summed E-state index contributed by atoms with van der Waals surface area (Å²) in [5, 5.41) is 11.5. The van der Waals surface area contributed by atoms with Crippen LogP contribution in [-0.4, -0.2) is 23.6 Å². The molecule has 0 unspecified atom stereocenters. The Labute approximate surface area is 128 Å². The van der Waals surface area contributed by atoms with Gasteiger partial charge in [0.15, 0.2) is 6.61 Å². The van der Waals surface area contributed by atoms with Crippen molar-refractivity contribution in [1.29, 1.82) is 0 Å². The van der Waals surface area contributed by atoms with Crippen LogP contribution < -0.4 is 10.1 Å². The summed E-state index contributed by atoms with van der Waals surface area (Å²) in [6.45, 7) is 3.76. The van der Waals surface area contributed by atoms with Crippen molar-refractivity contribution < 1.29 is 19.4 Å². The summed E-state index contributed by atoms with van der Waals surface area (Å²) < 4.78 is 5.50. The number of rotatable bonds is 5. The smallest absolute Gasteiger partial charge is 0.335 e. The topological polar surface area (TPSA) is 75.6 Å². The van der Waals surface area contributed by atoms with Gasteiger partial charge in [0.25, 0.3) is 5.91 Å². The van der Waals surface area contributed by atoms with E-state index in [-0.39, 0.29) is 18.1 Å². The maximum absolute atomic E-state index is 11.9. The Hall–Kier alpha value is -2.82. The molecule has 0 spiro atoms. The number of carbonyl (C=O) groups is 2. The molecule has 22 heavy (non-hydrogen) atoms. The molecule has 0 saturated heterocycles. The second-order valence-corrected chi connectivity index (χ2v) is 4.92. The molecular weight excluding hydrogens is 282 g/mol. The van der Waals surface area contributed by atoms with Crippen LogP contribution >= 0.6 is 0 Å². The zero-order valence-corrected chi connectivity index (χ0v) is 12.4. The zero-order valence-electron chi connectivity index (χ0n) is 12.4.